The molecule has 0 amide bonds. The summed E-state index contributed by atoms with van der Waals surface area (Å²) in [4.78, 5) is 58.3. The van der Waals surface area contributed by atoms with Crippen LogP contribution in [0.15, 0.2) is 54.6 Å². The first-order valence-corrected chi connectivity index (χ1v) is 29.4. The molecule has 0 bridgehead atoms. The van der Waals surface area contributed by atoms with Gasteiger partial charge < -0.3 is 48.6 Å². The second-order valence-corrected chi connectivity index (χ2v) is 23.2. The van der Waals surface area contributed by atoms with Crippen molar-refractivity contribution >= 4 is 137 Å². The standard InChI is InChI=1S/C21H24Cl2N2O4S.C16H16Cl2N2O3S.C15H14Cl2N2O3S/c22-15-5-4-14(11-16(15)23)12-17-20(18(26)13-29-19-3-1-2-8-28-19)30-21(24-17)25-6-9-27-10-7-25;17-11-2-1-10(7-12(11)18)8-13-15(14(22)9-21)24-16(19-13)20-3-5-23-6-4-20;16-10-2-1-9(7-11(10)17)8-12-13(14(20)21)23-15(18-12)19-3-5-22-6-4-19/h4-5,11,19H,1-3,6-10,12-13H2;1-2,7,21H,3-6,8-9H2;1-2,7H,3-6,8H2,(H,20,21). The van der Waals surface area contributed by atoms with Gasteiger partial charge in [-0.1, -0.05) is 122 Å². The maximum Gasteiger partial charge on any atom is 0.347 e. The van der Waals surface area contributed by atoms with Crippen molar-refractivity contribution in [3.63, 3.8) is 0 Å². The topological polar surface area (TPSA) is 186 Å². The molecule has 4 aliphatic heterocycles. The van der Waals surface area contributed by atoms with E-state index in [4.69, 9.17) is 98.3 Å². The van der Waals surface area contributed by atoms with Crippen LogP contribution in [0.3, 0.4) is 0 Å². The predicted octanol–water partition coefficient (Wildman–Crippen LogP) is 11.2. The molecule has 412 valence electrons. The first-order valence-electron chi connectivity index (χ1n) is 24.7. The number of rotatable bonds is 16. The number of hydrogen-bond donors (Lipinski definition) is 2. The number of morpholine rings is 3. The van der Waals surface area contributed by atoms with Crippen molar-refractivity contribution in [2.24, 2.45) is 0 Å². The van der Waals surface area contributed by atoms with Crippen LogP contribution in [0.2, 0.25) is 30.1 Å². The first-order chi connectivity index (χ1) is 37.2. The minimum atomic E-state index is -0.961. The molecule has 0 spiro atoms. The molecule has 7 heterocycles. The van der Waals surface area contributed by atoms with Crippen molar-refractivity contribution in [1.29, 1.82) is 0 Å². The van der Waals surface area contributed by atoms with E-state index in [2.05, 4.69) is 24.7 Å². The summed E-state index contributed by atoms with van der Waals surface area (Å²) in [5.41, 5.74) is 4.67. The Labute approximate surface area is 487 Å². The van der Waals surface area contributed by atoms with E-state index in [0.717, 1.165) is 96.3 Å². The Morgan fingerprint density at radius 1 is 0.532 bits per heavy atom. The number of carboxylic acid groups (broad SMARTS) is 1. The molecule has 2 N–H and O–H groups in total. The number of Topliss-reactive ketones (excluding diaryl/α,β-unsaturated/α-hetero) is 2. The molecular weight excluding hydrogens is 1180 g/mol. The third-order valence-electron chi connectivity index (χ3n) is 12.4. The number of thiazole rings is 3. The van der Waals surface area contributed by atoms with Crippen LogP contribution in [0.4, 0.5) is 15.4 Å². The van der Waals surface area contributed by atoms with Gasteiger partial charge in [-0.2, -0.15) is 0 Å². The average Bonchev–Trinajstić information content (AvgIpc) is 4.22. The quantitative estimate of drug-likeness (QED) is 0.0871. The van der Waals surface area contributed by atoms with Crippen molar-refractivity contribution in [1.82, 2.24) is 15.0 Å². The number of aliphatic hydroxyl groups excluding tert-OH is 1. The highest BCUT2D eigenvalue weighted by molar-refractivity contribution is 7.18. The number of ketones is 2. The van der Waals surface area contributed by atoms with Crippen molar-refractivity contribution in [3.05, 3.63) is 133 Å². The molecule has 25 heteroatoms. The number of carbonyl (C=O) groups excluding carboxylic acids is 2. The Kier molecular flexibility index (Phi) is 22.5. The van der Waals surface area contributed by atoms with E-state index >= 15 is 0 Å². The number of aliphatic hydroxyl groups is 1. The van der Waals surface area contributed by atoms with E-state index in [1.807, 2.05) is 24.3 Å². The lowest BCUT2D eigenvalue weighted by Gasteiger charge is -2.26. The molecule has 16 nitrogen and oxygen atoms in total. The minimum Gasteiger partial charge on any atom is -0.477 e. The van der Waals surface area contributed by atoms with Gasteiger partial charge in [-0.25, -0.2) is 19.7 Å². The van der Waals surface area contributed by atoms with Gasteiger partial charge in [0.1, 0.15) is 18.1 Å². The Bertz CT molecular complexity index is 2980. The summed E-state index contributed by atoms with van der Waals surface area (Å²) >= 11 is 40.1. The molecule has 3 aromatic heterocycles. The van der Waals surface area contributed by atoms with Crippen LogP contribution in [0.25, 0.3) is 0 Å². The fraction of sp³-hybridized carbons (Fsp3) is 0.423. The van der Waals surface area contributed by atoms with Crippen molar-refractivity contribution < 1.29 is 48.3 Å². The zero-order valence-corrected chi connectivity index (χ0v) is 48.4. The number of halogens is 6. The van der Waals surface area contributed by atoms with E-state index in [-0.39, 0.29) is 29.3 Å². The van der Waals surface area contributed by atoms with Crippen molar-refractivity contribution in [2.75, 3.05) is 113 Å². The van der Waals surface area contributed by atoms with Crippen LogP contribution >= 0.6 is 104 Å². The van der Waals surface area contributed by atoms with E-state index in [1.54, 1.807) is 30.3 Å². The van der Waals surface area contributed by atoms with Gasteiger partial charge in [0.25, 0.3) is 0 Å². The van der Waals surface area contributed by atoms with Crippen LogP contribution in [0.5, 0.6) is 0 Å². The number of aromatic nitrogens is 3. The number of benzene rings is 3. The number of aromatic carboxylic acids is 1. The molecule has 4 saturated heterocycles. The zero-order chi connectivity index (χ0) is 54.4. The Morgan fingerprint density at radius 3 is 1.26 bits per heavy atom. The summed E-state index contributed by atoms with van der Waals surface area (Å²) in [7, 11) is 0. The lowest BCUT2D eigenvalue weighted by Crippen LogP contribution is -2.36. The molecule has 3 aromatic carbocycles. The van der Waals surface area contributed by atoms with E-state index in [0.29, 0.717) is 117 Å². The van der Waals surface area contributed by atoms with Gasteiger partial charge in [0.05, 0.1) is 96.6 Å². The van der Waals surface area contributed by atoms with E-state index in [1.165, 1.54) is 34.0 Å². The van der Waals surface area contributed by atoms with Crippen LogP contribution in [0.1, 0.15) is 82.0 Å². The highest BCUT2D eigenvalue weighted by Crippen LogP contribution is 2.34. The van der Waals surface area contributed by atoms with Gasteiger partial charge in [-0.05, 0) is 72.4 Å². The molecule has 6 aromatic rings. The van der Waals surface area contributed by atoms with Gasteiger partial charge in [-0.3, -0.25) is 9.59 Å². The van der Waals surface area contributed by atoms with E-state index < -0.39 is 12.6 Å². The summed E-state index contributed by atoms with van der Waals surface area (Å²) in [5, 5.41) is 23.9. The van der Waals surface area contributed by atoms with Gasteiger partial charge in [0.2, 0.25) is 0 Å². The predicted molar refractivity (Wildman–Crippen MR) is 305 cm³/mol. The number of hydrogen-bond acceptors (Lipinski definition) is 18. The van der Waals surface area contributed by atoms with Gasteiger partial charge >= 0.3 is 5.97 Å². The highest BCUT2D eigenvalue weighted by atomic mass is 35.5. The molecule has 4 fully saturated rings. The monoisotopic (exact) mass is 1230 g/mol. The van der Waals surface area contributed by atoms with Gasteiger partial charge in [0, 0.05) is 65.1 Å². The van der Waals surface area contributed by atoms with Gasteiger partial charge in [-0.15, -0.1) is 0 Å². The first kappa shape index (κ1) is 59.4. The molecule has 1 atom stereocenters. The third kappa shape index (κ3) is 16.7. The summed E-state index contributed by atoms with van der Waals surface area (Å²) in [6.07, 6.45) is 3.98. The van der Waals surface area contributed by atoms with Crippen LogP contribution in [0, 0.1) is 0 Å². The SMILES string of the molecule is O=C(CO)c1sc(N2CCOCC2)nc1Cc1ccc(Cl)c(Cl)c1.O=C(COC1CCCCO1)c1sc(N2CCOCC2)nc1Cc1ccc(Cl)c(Cl)c1.O=C(O)c1sc(N2CCOCC2)nc1Cc1ccc(Cl)c(Cl)c1. The fourth-order valence-electron chi connectivity index (χ4n) is 8.33. The van der Waals surface area contributed by atoms with E-state index in [9.17, 15) is 24.6 Å². The number of carbonyl (C=O) groups is 3. The van der Waals surface area contributed by atoms with Crippen LogP contribution in [-0.2, 0) is 42.9 Å². The highest BCUT2D eigenvalue weighted by Gasteiger charge is 2.27. The van der Waals surface area contributed by atoms with Crippen molar-refractivity contribution in [3.8, 4) is 0 Å². The largest absolute Gasteiger partial charge is 0.477 e. The maximum absolute atomic E-state index is 13.0. The number of anilines is 3. The Balaban J connectivity index is 0.000000155. The summed E-state index contributed by atoms with van der Waals surface area (Å²) in [6, 6.07) is 16.1. The average molecular weight is 1230 g/mol. The molecular formula is C52H54Cl6N6O10S3. The molecule has 0 saturated carbocycles. The molecule has 77 heavy (non-hydrogen) atoms. The summed E-state index contributed by atoms with van der Waals surface area (Å²) in [6.45, 7) is 8.46. The number of ether oxygens (including phenoxy) is 5. The lowest BCUT2D eigenvalue weighted by atomic mass is 10.1. The summed E-state index contributed by atoms with van der Waals surface area (Å²) in [5.74, 6) is -1.35. The normalized spacial score (nSPS) is 16.8. The van der Waals surface area contributed by atoms with Crippen LogP contribution < -0.4 is 14.7 Å². The molecule has 0 aliphatic carbocycles. The van der Waals surface area contributed by atoms with Gasteiger partial charge in [0.15, 0.2) is 33.3 Å². The zero-order valence-electron chi connectivity index (χ0n) is 41.5. The molecule has 1 unspecified atom stereocenters. The smallest absolute Gasteiger partial charge is 0.347 e. The Hall–Kier alpha value is -3.74. The molecule has 10 rings (SSSR count). The van der Waals surface area contributed by atoms with Crippen LogP contribution in [-0.4, -0.2) is 148 Å². The second kappa shape index (κ2) is 29.1. The van der Waals surface area contributed by atoms with Crippen molar-refractivity contribution in [2.45, 2.75) is 44.8 Å². The molecule has 4 aliphatic rings. The number of nitrogens with zero attached hydrogens (tertiary/aromatic N) is 6. The Morgan fingerprint density at radius 2 is 0.909 bits per heavy atom. The number of carboxylic acids is 1. The fourth-order valence-corrected chi connectivity index (χ4v) is 12.4. The molecule has 0 radical (unpaired) electrons. The maximum atomic E-state index is 13.0. The lowest BCUT2D eigenvalue weighted by molar-refractivity contribution is -0.155. The summed E-state index contributed by atoms with van der Waals surface area (Å²) < 4.78 is 27.4. The minimum absolute atomic E-state index is 0.0101. The third-order valence-corrected chi connectivity index (χ3v) is 18.1. The second-order valence-electron chi connectivity index (χ2n) is 17.8.